The van der Waals surface area contributed by atoms with Crippen LogP contribution in [-0.2, 0) is 0 Å². The van der Waals surface area contributed by atoms with Crippen molar-refractivity contribution in [1.82, 2.24) is 5.32 Å². The number of benzene rings is 1. The summed E-state index contributed by atoms with van der Waals surface area (Å²) in [5.41, 5.74) is 1.45. The van der Waals surface area contributed by atoms with Gasteiger partial charge in [0.25, 0.3) is 0 Å². The number of likely N-dealkylation sites (N-methyl/N-ethyl adjacent to an activating group) is 1. The maximum atomic E-state index is 9.81. The molecule has 0 saturated heterocycles. The fourth-order valence-corrected chi connectivity index (χ4v) is 3.87. The Labute approximate surface area is 154 Å². The molecule has 0 spiro atoms. The zero-order chi connectivity index (χ0) is 17.9. The second-order valence-corrected chi connectivity index (χ2v) is 7.55. The van der Waals surface area contributed by atoms with E-state index in [-0.39, 0.29) is 0 Å². The molecule has 2 N–H and O–H groups in total. The summed E-state index contributed by atoms with van der Waals surface area (Å²) in [6.07, 6.45) is 10.6. The summed E-state index contributed by atoms with van der Waals surface area (Å²) in [4.78, 5) is 0. The Morgan fingerprint density at radius 2 is 1.80 bits per heavy atom. The van der Waals surface area contributed by atoms with E-state index >= 15 is 0 Å². The van der Waals surface area contributed by atoms with Crippen LogP contribution in [0.3, 0.4) is 0 Å². The standard InChI is InChI=1S/C22H37NO2/c1-3-5-6-7-18-8-10-19(11-9-18)20-12-14-22(15-13-20)25-17-21(24)16-23-4-2/h12-15,18-19,21,23-24H,3-11,16-17H2,1-2H3. The van der Waals surface area contributed by atoms with Crippen LogP contribution in [0.1, 0.15) is 76.7 Å². The lowest BCUT2D eigenvalue weighted by atomic mass is 9.77. The van der Waals surface area contributed by atoms with Gasteiger partial charge in [0, 0.05) is 6.54 Å². The Morgan fingerprint density at radius 1 is 1.08 bits per heavy atom. The third-order valence-electron chi connectivity index (χ3n) is 5.49. The maximum Gasteiger partial charge on any atom is 0.119 e. The molecule has 1 atom stereocenters. The van der Waals surface area contributed by atoms with Crippen molar-refractivity contribution in [1.29, 1.82) is 0 Å². The van der Waals surface area contributed by atoms with Crippen molar-refractivity contribution in [3.63, 3.8) is 0 Å². The molecule has 0 heterocycles. The first-order chi connectivity index (χ1) is 12.2. The highest BCUT2D eigenvalue weighted by molar-refractivity contribution is 5.29. The highest BCUT2D eigenvalue weighted by atomic mass is 16.5. The molecule has 1 aromatic carbocycles. The summed E-state index contributed by atoms with van der Waals surface area (Å²) >= 11 is 0. The van der Waals surface area contributed by atoms with E-state index in [1.165, 1.54) is 56.9 Å². The van der Waals surface area contributed by atoms with Crippen LogP contribution in [0, 0.1) is 5.92 Å². The Morgan fingerprint density at radius 3 is 2.44 bits per heavy atom. The molecule has 1 unspecified atom stereocenters. The smallest absolute Gasteiger partial charge is 0.119 e. The predicted molar refractivity (Wildman–Crippen MR) is 105 cm³/mol. The van der Waals surface area contributed by atoms with Crippen LogP contribution in [0.4, 0.5) is 0 Å². The molecule has 1 aromatic rings. The molecule has 3 nitrogen and oxygen atoms in total. The number of aliphatic hydroxyl groups is 1. The Bertz CT molecular complexity index is 452. The number of rotatable bonds is 11. The zero-order valence-electron chi connectivity index (χ0n) is 16.2. The van der Waals surface area contributed by atoms with Crippen LogP contribution in [0.2, 0.25) is 0 Å². The van der Waals surface area contributed by atoms with Crippen molar-refractivity contribution >= 4 is 0 Å². The highest BCUT2D eigenvalue weighted by Crippen LogP contribution is 2.38. The van der Waals surface area contributed by atoms with E-state index in [1.54, 1.807) is 0 Å². The lowest BCUT2D eigenvalue weighted by Crippen LogP contribution is -2.31. The molecule has 3 heteroatoms. The van der Waals surface area contributed by atoms with Gasteiger partial charge in [0.05, 0.1) is 0 Å². The van der Waals surface area contributed by atoms with Crippen molar-refractivity contribution in [3.8, 4) is 5.75 Å². The summed E-state index contributed by atoms with van der Waals surface area (Å²) in [5.74, 6) is 2.53. The van der Waals surface area contributed by atoms with Crippen LogP contribution in [0.25, 0.3) is 0 Å². The maximum absolute atomic E-state index is 9.81. The molecule has 1 aliphatic rings. The van der Waals surface area contributed by atoms with E-state index in [9.17, 15) is 5.11 Å². The van der Waals surface area contributed by atoms with Gasteiger partial charge in [0.2, 0.25) is 0 Å². The van der Waals surface area contributed by atoms with Crippen LogP contribution in [0.15, 0.2) is 24.3 Å². The molecular formula is C22H37NO2. The SMILES string of the molecule is CCCCCC1CCC(c2ccc(OCC(O)CNCC)cc2)CC1. The minimum absolute atomic E-state index is 0.342. The Kier molecular flexibility index (Phi) is 9.35. The summed E-state index contributed by atoms with van der Waals surface area (Å²) in [6.45, 7) is 6.11. The average Bonchev–Trinajstić information content (AvgIpc) is 2.66. The largest absolute Gasteiger partial charge is 0.491 e. The highest BCUT2D eigenvalue weighted by Gasteiger charge is 2.22. The van der Waals surface area contributed by atoms with Crippen LogP contribution >= 0.6 is 0 Å². The number of aliphatic hydroxyl groups excluding tert-OH is 1. The van der Waals surface area contributed by atoms with Gasteiger partial charge in [-0.1, -0.05) is 51.7 Å². The van der Waals surface area contributed by atoms with E-state index in [4.69, 9.17) is 4.74 Å². The van der Waals surface area contributed by atoms with E-state index in [2.05, 4.69) is 36.5 Å². The number of unbranched alkanes of at least 4 members (excludes halogenated alkanes) is 2. The third kappa shape index (κ3) is 7.37. The van der Waals surface area contributed by atoms with Crippen molar-refractivity contribution in [2.75, 3.05) is 19.7 Å². The fraction of sp³-hybridized carbons (Fsp3) is 0.727. The minimum Gasteiger partial charge on any atom is -0.491 e. The molecule has 1 saturated carbocycles. The van der Waals surface area contributed by atoms with Crippen molar-refractivity contribution in [2.45, 2.75) is 77.2 Å². The van der Waals surface area contributed by atoms with Gasteiger partial charge in [0.15, 0.2) is 0 Å². The summed E-state index contributed by atoms with van der Waals surface area (Å²) in [5, 5.41) is 12.9. The quantitative estimate of drug-likeness (QED) is 0.560. The molecular weight excluding hydrogens is 310 g/mol. The lowest BCUT2D eigenvalue weighted by Gasteiger charge is -2.29. The molecule has 0 amide bonds. The van der Waals surface area contributed by atoms with Gasteiger partial charge in [-0.25, -0.2) is 0 Å². The third-order valence-corrected chi connectivity index (χ3v) is 5.49. The molecule has 0 aromatic heterocycles. The van der Waals surface area contributed by atoms with E-state index < -0.39 is 6.10 Å². The van der Waals surface area contributed by atoms with Gasteiger partial charge in [-0.3, -0.25) is 0 Å². The molecule has 1 aliphatic carbocycles. The van der Waals surface area contributed by atoms with Gasteiger partial charge in [0.1, 0.15) is 18.5 Å². The van der Waals surface area contributed by atoms with E-state index in [0.29, 0.717) is 13.2 Å². The number of hydrogen-bond acceptors (Lipinski definition) is 3. The number of hydrogen-bond donors (Lipinski definition) is 2. The monoisotopic (exact) mass is 347 g/mol. The second kappa shape index (κ2) is 11.5. The zero-order valence-corrected chi connectivity index (χ0v) is 16.2. The fourth-order valence-electron chi connectivity index (χ4n) is 3.87. The van der Waals surface area contributed by atoms with Crippen molar-refractivity contribution in [2.24, 2.45) is 5.92 Å². The van der Waals surface area contributed by atoms with E-state index in [1.807, 2.05) is 6.92 Å². The molecule has 25 heavy (non-hydrogen) atoms. The van der Waals surface area contributed by atoms with Crippen LogP contribution in [-0.4, -0.2) is 30.9 Å². The average molecular weight is 348 g/mol. The van der Waals surface area contributed by atoms with Gasteiger partial charge in [-0.2, -0.15) is 0 Å². The van der Waals surface area contributed by atoms with Gasteiger partial charge < -0.3 is 15.2 Å². The van der Waals surface area contributed by atoms with Crippen molar-refractivity contribution < 1.29 is 9.84 Å². The molecule has 142 valence electrons. The first-order valence-corrected chi connectivity index (χ1v) is 10.3. The second-order valence-electron chi connectivity index (χ2n) is 7.55. The molecule has 0 aliphatic heterocycles. The van der Waals surface area contributed by atoms with Gasteiger partial charge in [-0.15, -0.1) is 0 Å². The number of ether oxygens (including phenoxy) is 1. The lowest BCUT2D eigenvalue weighted by molar-refractivity contribution is 0.107. The molecule has 0 radical (unpaired) electrons. The predicted octanol–water partition coefficient (Wildman–Crippen LogP) is 4.89. The van der Waals surface area contributed by atoms with Crippen molar-refractivity contribution in [3.05, 3.63) is 29.8 Å². The normalized spacial score (nSPS) is 21.9. The molecule has 1 fully saturated rings. The Hall–Kier alpha value is -1.06. The molecule has 0 bridgehead atoms. The summed E-state index contributed by atoms with van der Waals surface area (Å²) < 4.78 is 5.69. The van der Waals surface area contributed by atoms with Gasteiger partial charge in [-0.05, 0) is 61.8 Å². The summed E-state index contributed by atoms with van der Waals surface area (Å²) in [6, 6.07) is 8.55. The summed E-state index contributed by atoms with van der Waals surface area (Å²) in [7, 11) is 0. The Balaban J connectivity index is 1.71. The first kappa shape index (κ1) is 20.3. The van der Waals surface area contributed by atoms with E-state index in [0.717, 1.165) is 24.1 Å². The van der Waals surface area contributed by atoms with Gasteiger partial charge >= 0.3 is 0 Å². The molecule has 2 rings (SSSR count). The minimum atomic E-state index is -0.456. The van der Waals surface area contributed by atoms with Crippen LogP contribution in [0.5, 0.6) is 5.75 Å². The first-order valence-electron chi connectivity index (χ1n) is 10.3. The topological polar surface area (TPSA) is 41.5 Å². The van der Waals surface area contributed by atoms with Crippen LogP contribution < -0.4 is 10.1 Å². The number of nitrogens with one attached hydrogen (secondary N) is 1.